The monoisotopic (exact) mass is 872 g/mol. The number of ether oxygens (including phenoxy) is 1. The number of fused-ring (bicyclic) bond motifs is 1. The summed E-state index contributed by atoms with van der Waals surface area (Å²) >= 11 is 1.47. The van der Waals surface area contributed by atoms with Crippen LogP contribution >= 0.6 is 24.1 Å². The van der Waals surface area contributed by atoms with Crippen LogP contribution in [0.4, 0.5) is 45.5 Å². The van der Waals surface area contributed by atoms with E-state index in [1.807, 2.05) is 69.3 Å². The maximum Gasteiger partial charge on any atom is 0.152 e. The Hall–Kier alpha value is -5.44. The van der Waals surface area contributed by atoms with Crippen molar-refractivity contribution >= 4 is 80.4 Å². The van der Waals surface area contributed by atoms with E-state index in [9.17, 15) is 10.2 Å². The second-order valence-electron chi connectivity index (χ2n) is 12.4. The Morgan fingerprint density at radius 1 is 0.552 bits per heavy atom. The van der Waals surface area contributed by atoms with Crippen molar-refractivity contribution in [3.8, 4) is 17.2 Å². The van der Waals surface area contributed by atoms with Crippen molar-refractivity contribution in [2.24, 2.45) is 30.7 Å². The van der Waals surface area contributed by atoms with Gasteiger partial charge in [-0.1, -0.05) is 10.1 Å². The van der Waals surface area contributed by atoms with E-state index in [-0.39, 0.29) is 44.8 Å². The molecule has 0 unspecified atom stereocenters. The third kappa shape index (κ3) is 10.7. The topological polar surface area (TPSA) is 213 Å². The zero-order valence-electron chi connectivity index (χ0n) is 31.3. The van der Waals surface area contributed by atoms with Gasteiger partial charge in [0.05, 0.1) is 58.8 Å². The Morgan fingerprint density at radius 2 is 1.10 bits per heavy atom. The Morgan fingerprint density at radius 3 is 1.72 bits per heavy atom. The van der Waals surface area contributed by atoms with Gasteiger partial charge in [-0.3, -0.25) is 0 Å². The van der Waals surface area contributed by atoms with Crippen molar-refractivity contribution in [1.29, 1.82) is 0 Å². The average Bonchev–Trinajstić information content (AvgIpc) is 3.20. The van der Waals surface area contributed by atoms with Gasteiger partial charge in [0.15, 0.2) is 5.75 Å². The first-order valence-corrected chi connectivity index (χ1v) is 18.4. The predicted octanol–water partition coefficient (Wildman–Crippen LogP) is 13.3. The molecule has 5 N–H and O–H groups in total. The van der Waals surface area contributed by atoms with Crippen LogP contribution in [0.15, 0.2) is 131 Å². The molecule has 0 saturated heterocycles. The molecule has 0 aliphatic heterocycles. The van der Waals surface area contributed by atoms with Gasteiger partial charge in [-0.2, -0.15) is 20.5 Å². The van der Waals surface area contributed by atoms with Crippen molar-refractivity contribution in [2.45, 2.75) is 37.5 Å². The molecule has 1 radical (unpaired) electrons. The Bertz CT molecular complexity index is 2510. The molecule has 0 spiro atoms. The fourth-order valence-electron chi connectivity index (χ4n) is 5.51. The van der Waals surface area contributed by atoms with E-state index in [1.165, 1.54) is 6.07 Å². The van der Waals surface area contributed by atoms with Gasteiger partial charge in [0.1, 0.15) is 22.9 Å². The molecule has 0 bridgehead atoms. The number of hydrogen-bond acceptors (Lipinski definition) is 18. The number of methoxy groups -OCH3 is 1. The number of benzene rings is 6. The minimum Gasteiger partial charge on any atom is -0.506 e. The number of phenolic OH excluding ortho intramolecular Hbond substituents is 2. The molecule has 0 amide bonds. The molecular weight excluding hydrogens is 838 g/mol. The number of phenols is 2. The van der Waals surface area contributed by atoms with Crippen molar-refractivity contribution in [2.75, 3.05) is 12.4 Å². The summed E-state index contributed by atoms with van der Waals surface area (Å²) in [5, 5.41) is 77.5. The van der Waals surface area contributed by atoms with Gasteiger partial charge in [0.25, 0.3) is 0 Å². The molecular formula is C39H35CuN7O9S2. The molecule has 0 fully saturated rings. The fraction of sp³-hybridized carbons (Fsp3) is 0.128. The van der Waals surface area contributed by atoms with Crippen molar-refractivity contribution in [1.82, 2.24) is 0 Å². The predicted molar refractivity (Wildman–Crippen MR) is 216 cm³/mol. The van der Waals surface area contributed by atoms with E-state index in [1.54, 1.807) is 50.4 Å². The summed E-state index contributed by atoms with van der Waals surface area (Å²) in [6, 6.07) is 26.5. The quantitative estimate of drug-likeness (QED) is 0.0214. The van der Waals surface area contributed by atoms with Crippen LogP contribution in [0.5, 0.6) is 17.2 Å². The number of nitrogens with zero attached hydrogens (tertiary/aromatic N) is 6. The molecule has 0 saturated carbocycles. The standard InChI is InChI=1S/C39H35N7O9S2.Cu/c1-21-14-29(56-54-52-49)11-13-31(21)41-42-32-15-23(3)33(16-22(32)2)43-44-34-20-36(47)35(17-24(34)4)45-46-38-37(57-55-53-50)19-25-18-27(8-12-30(25)39(38)48)40-26-6-9-28(51-5)10-7-26;/h6-20,40,47-50H,1-5H3;. The van der Waals surface area contributed by atoms with Gasteiger partial charge in [0, 0.05) is 44.8 Å². The average molecular weight is 873 g/mol. The van der Waals surface area contributed by atoms with Crippen molar-refractivity contribution < 1.29 is 61.3 Å². The number of anilines is 2. The van der Waals surface area contributed by atoms with Crippen LogP contribution in [0, 0.1) is 27.7 Å². The summed E-state index contributed by atoms with van der Waals surface area (Å²) in [5.74, 6) is 0.296. The third-order valence-electron chi connectivity index (χ3n) is 8.51. The number of nitrogens with one attached hydrogen (secondary N) is 1. The minimum absolute atomic E-state index is 0. The minimum atomic E-state index is -0.225. The van der Waals surface area contributed by atoms with Crippen LogP contribution in [-0.2, 0) is 35.8 Å². The smallest absolute Gasteiger partial charge is 0.152 e. The summed E-state index contributed by atoms with van der Waals surface area (Å²) in [6.07, 6.45) is 0. The molecule has 0 aliphatic carbocycles. The van der Waals surface area contributed by atoms with Gasteiger partial charge in [-0.15, -0.1) is 18.9 Å². The van der Waals surface area contributed by atoms with Crippen LogP contribution in [0.3, 0.4) is 0 Å². The van der Waals surface area contributed by atoms with E-state index in [0.29, 0.717) is 51.1 Å². The van der Waals surface area contributed by atoms with Crippen molar-refractivity contribution in [3.63, 3.8) is 0 Å². The molecule has 6 aromatic rings. The Balaban J connectivity index is 0.00000641. The van der Waals surface area contributed by atoms with E-state index in [0.717, 1.165) is 50.8 Å². The molecule has 19 heteroatoms. The largest absolute Gasteiger partial charge is 0.506 e. The second-order valence-corrected chi connectivity index (χ2v) is 13.9. The molecule has 0 heterocycles. The summed E-state index contributed by atoms with van der Waals surface area (Å²) in [5.41, 5.74) is 7.15. The van der Waals surface area contributed by atoms with Crippen molar-refractivity contribution in [3.05, 3.63) is 113 Å². The van der Waals surface area contributed by atoms with Gasteiger partial charge >= 0.3 is 0 Å². The Labute approximate surface area is 351 Å². The maximum absolute atomic E-state index is 11.3. The molecule has 16 nitrogen and oxygen atoms in total. The van der Waals surface area contributed by atoms with Crippen LogP contribution in [0.25, 0.3) is 10.8 Å². The first kappa shape index (κ1) is 43.7. The molecule has 6 aromatic carbocycles. The van der Waals surface area contributed by atoms with Gasteiger partial charge in [-0.05, 0) is 140 Å². The molecule has 0 aliphatic rings. The summed E-state index contributed by atoms with van der Waals surface area (Å²) in [7, 11) is 1.60. The molecule has 303 valence electrons. The number of azo groups is 3. The number of rotatable bonds is 15. The zero-order valence-corrected chi connectivity index (χ0v) is 33.9. The van der Waals surface area contributed by atoms with Gasteiger partial charge in [0.2, 0.25) is 0 Å². The first-order chi connectivity index (χ1) is 27.6. The first-order valence-electron chi connectivity index (χ1n) is 16.9. The van der Waals surface area contributed by atoms with E-state index < -0.39 is 0 Å². The SMILES string of the molecule is COc1ccc(Nc2ccc3c(O)c(N=Nc4cc(C)c(N=Nc5cc(C)c(N=Nc6ccc(SOOO)cc6C)cc5C)cc4O)c(SOOO)cc3c2)cc1.[Cu]. The van der Waals surface area contributed by atoms with Gasteiger partial charge < -0.3 is 20.3 Å². The van der Waals surface area contributed by atoms with Crippen LogP contribution in [0.2, 0.25) is 0 Å². The summed E-state index contributed by atoms with van der Waals surface area (Å²) in [4.78, 5) is 0.985. The number of aromatic hydroxyl groups is 2. The summed E-state index contributed by atoms with van der Waals surface area (Å²) in [6.45, 7) is 7.44. The Kier molecular flexibility index (Phi) is 15.3. The van der Waals surface area contributed by atoms with E-state index in [4.69, 9.17) is 19.6 Å². The number of hydrogen-bond donors (Lipinski definition) is 5. The molecule has 6 rings (SSSR count). The normalized spacial score (nSPS) is 11.6. The molecule has 0 aromatic heterocycles. The molecule has 0 atom stereocenters. The maximum atomic E-state index is 11.3. The zero-order chi connectivity index (χ0) is 40.5. The third-order valence-corrected chi connectivity index (χ3v) is 9.70. The van der Waals surface area contributed by atoms with Crippen LogP contribution < -0.4 is 10.1 Å². The van der Waals surface area contributed by atoms with Crippen LogP contribution in [-0.4, -0.2) is 27.8 Å². The summed E-state index contributed by atoms with van der Waals surface area (Å²) < 4.78 is 14.4. The van der Waals surface area contributed by atoms with Crippen LogP contribution in [0.1, 0.15) is 22.3 Å². The fourth-order valence-corrected chi connectivity index (χ4v) is 6.46. The molecule has 58 heavy (non-hydrogen) atoms. The van der Waals surface area contributed by atoms with Gasteiger partial charge in [-0.25, -0.2) is 10.5 Å². The second kappa shape index (κ2) is 20.3. The number of aryl methyl sites for hydroxylation is 4. The van der Waals surface area contributed by atoms with E-state index in [2.05, 4.69) is 50.4 Å². The van der Waals surface area contributed by atoms with E-state index >= 15 is 0 Å².